The molecule has 1 N–H and O–H groups in total. The smallest absolute Gasteiger partial charge is 0.308 e. The number of carbonyl (C=O) groups is 1. The van der Waals surface area contributed by atoms with E-state index in [1.807, 2.05) is 11.0 Å². The van der Waals surface area contributed by atoms with E-state index in [0.717, 1.165) is 0 Å². The Kier molecular flexibility index (Phi) is 8.86. The number of benzene rings is 2. The fraction of sp³-hybridized carbons (Fsp3) is 0.379. The van der Waals surface area contributed by atoms with E-state index in [-0.39, 0.29) is 12.3 Å². The predicted molar refractivity (Wildman–Crippen MR) is 142 cm³/mol. The lowest BCUT2D eigenvalue weighted by molar-refractivity contribution is -0.146. The summed E-state index contributed by atoms with van der Waals surface area (Å²) >= 11 is 6.07. The topological polar surface area (TPSA) is 71.9 Å². The Morgan fingerprint density at radius 3 is 2.84 bits per heavy atom. The second-order valence-corrected chi connectivity index (χ2v) is 9.64. The minimum atomic E-state index is -1.22. The van der Waals surface area contributed by atoms with Gasteiger partial charge < -0.3 is 14.6 Å². The number of hydrogen-bond acceptors (Lipinski definition) is 5. The standard InChI is InChI=1S/C29H30ClFN2O4/c1-36-22-7-9-27-24(17-22)23(11-13-32-27)26(31)8-5-19-12-15-33(18-25(19)29(34)35)14-3-4-20-16-21(30)6-10-28(20)37-2/h6-7,9-11,13,16-17,19,25-26H,5,8,12,14-15,18H2,1-2H3,(H,34,35)/t19-,25+,26-/m1/s1. The molecule has 0 amide bonds. The molecule has 3 atom stereocenters. The number of fused-ring (bicyclic) bond motifs is 1. The number of carboxylic acid groups (broad SMARTS) is 1. The van der Waals surface area contributed by atoms with Crippen molar-refractivity contribution in [2.24, 2.45) is 11.8 Å². The number of pyridine rings is 1. The number of likely N-dealkylation sites (tertiary alicyclic amines) is 1. The van der Waals surface area contributed by atoms with E-state index in [1.54, 1.807) is 56.8 Å². The molecule has 194 valence electrons. The van der Waals surface area contributed by atoms with Crippen LogP contribution in [0, 0.1) is 23.7 Å². The average molecular weight is 525 g/mol. The molecule has 1 aliphatic rings. The zero-order chi connectivity index (χ0) is 26.4. The molecule has 0 unspecified atom stereocenters. The molecule has 0 bridgehead atoms. The van der Waals surface area contributed by atoms with Gasteiger partial charge in [-0.05, 0) is 79.8 Å². The number of alkyl halides is 1. The van der Waals surface area contributed by atoms with Crippen LogP contribution in [0.5, 0.6) is 11.5 Å². The SMILES string of the molecule is COc1ccc2nccc([C@H](F)CC[C@@H]3CCN(CC#Cc4cc(Cl)ccc4OC)C[C@@H]3C(=O)O)c2c1. The van der Waals surface area contributed by atoms with E-state index in [1.165, 1.54) is 0 Å². The molecule has 2 heterocycles. The number of halogens is 2. The first-order valence-corrected chi connectivity index (χ1v) is 12.6. The van der Waals surface area contributed by atoms with Gasteiger partial charge in [0.15, 0.2) is 0 Å². The van der Waals surface area contributed by atoms with Gasteiger partial charge in [0.05, 0.1) is 37.8 Å². The van der Waals surface area contributed by atoms with Gasteiger partial charge in [0.25, 0.3) is 0 Å². The van der Waals surface area contributed by atoms with Crippen LogP contribution in [0.2, 0.25) is 5.02 Å². The van der Waals surface area contributed by atoms with Crippen LogP contribution in [0.3, 0.4) is 0 Å². The largest absolute Gasteiger partial charge is 0.497 e. The maximum atomic E-state index is 15.4. The maximum absolute atomic E-state index is 15.4. The molecular weight excluding hydrogens is 495 g/mol. The molecule has 0 saturated carbocycles. The van der Waals surface area contributed by atoms with Gasteiger partial charge in [0.1, 0.15) is 17.7 Å². The molecule has 1 fully saturated rings. The summed E-state index contributed by atoms with van der Waals surface area (Å²) in [5.74, 6) is 5.95. The maximum Gasteiger partial charge on any atom is 0.308 e. The number of ether oxygens (including phenoxy) is 2. The summed E-state index contributed by atoms with van der Waals surface area (Å²) in [6.45, 7) is 1.53. The molecule has 0 radical (unpaired) electrons. The Hall–Kier alpha value is -3.34. The molecule has 3 aromatic rings. The Morgan fingerprint density at radius 2 is 2.08 bits per heavy atom. The van der Waals surface area contributed by atoms with Crippen molar-refractivity contribution in [3.63, 3.8) is 0 Å². The molecule has 8 heteroatoms. The number of nitrogens with zero attached hydrogens (tertiary/aromatic N) is 2. The minimum absolute atomic E-state index is 0.101. The third kappa shape index (κ3) is 6.51. The number of carboxylic acids is 1. The molecule has 0 aliphatic carbocycles. The summed E-state index contributed by atoms with van der Waals surface area (Å²) in [7, 11) is 3.15. The van der Waals surface area contributed by atoms with Crippen LogP contribution >= 0.6 is 11.6 Å². The molecule has 1 aromatic heterocycles. The Morgan fingerprint density at radius 1 is 1.24 bits per heavy atom. The highest BCUT2D eigenvalue weighted by Gasteiger charge is 2.34. The minimum Gasteiger partial charge on any atom is -0.497 e. The molecule has 1 saturated heterocycles. The summed E-state index contributed by atoms with van der Waals surface area (Å²) in [6.07, 6.45) is 1.81. The molecule has 2 aromatic carbocycles. The summed E-state index contributed by atoms with van der Waals surface area (Å²) in [5.41, 5.74) is 1.95. The first kappa shape index (κ1) is 26.7. The Balaban J connectivity index is 1.39. The molecule has 6 nitrogen and oxygen atoms in total. The van der Waals surface area contributed by atoms with Gasteiger partial charge in [-0.1, -0.05) is 23.4 Å². The van der Waals surface area contributed by atoms with Crippen LogP contribution < -0.4 is 9.47 Å². The van der Waals surface area contributed by atoms with Crippen molar-refractivity contribution in [2.45, 2.75) is 25.4 Å². The van der Waals surface area contributed by atoms with E-state index < -0.39 is 18.1 Å². The monoisotopic (exact) mass is 524 g/mol. The molecule has 1 aliphatic heterocycles. The zero-order valence-electron chi connectivity index (χ0n) is 20.9. The second kappa shape index (κ2) is 12.3. The molecule has 4 rings (SSSR count). The van der Waals surface area contributed by atoms with Gasteiger partial charge in [-0.3, -0.25) is 14.7 Å². The van der Waals surface area contributed by atoms with Crippen LogP contribution in [-0.4, -0.2) is 54.8 Å². The highest BCUT2D eigenvalue weighted by atomic mass is 35.5. The number of rotatable bonds is 8. The normalized spacial score (nSPS) is 18.6. The third-order valence-corrected chi connectivity index (χ3v) is 7.19. The highest BCUT2D eigenvalue weighted by Crippen LogP contribution is 2.35. The molecule has 37 heavy (non-hydrogen) atoms. The number of methoxy groups -OCH3 is 2. The van der Waals surface area contributed by atoms with E-state index >= 15 is 4.39 Å². The fourth-order valence-corrected chi connectivity index (χ4v) is 5.10. The summed E-state index contributed by atoms with van der Waals surface area (Å²) in [4.78, 5) is 18.4. The van der Waals surface area contributed by atoms with E-state index in [0.29, 0.717) is 71.0 Å². The van der Waals surface area contributed by atoms with Gasteiger partial charge in [0, 0.05) is 23.2 Å². The average Bonchev–Trinajstić information content (AvgIpc) is 2.91. The van der Waals surface area contributed by atoms with Crippen LogP contribution in [0.15, 0.2) is 48.7 Å². The number of hydrogen-bond donors (Lipinski definition) is 1. The van der Waals surface area contributed by atoms with E-state index in [4.69, 9.17) is 21.1 Å². The first-order valence-electron chi connectivity index (χ1n) is 12.2. The number of aromatic nitrogens is 1. The molecule has 0 spiro atoms. The van der Waals surface area contributed by atoms with Crippen LogP contribution in [0.25, 0.3) is 10.9 Å². The van der Waals surface area contributed by atoms with Crippen molar-refractivity contribution >= 4 is 28.5 Å². The number of piperidine rings is 1. The van der Waals surface area contributed by atoms with Gasteiger partial charge in [0.2, 0.25) is 0 Å². The lowest BCUT2D eigenvalue weighted by Crippen LogP contribution is -2.44. The van der Waals surface area contributed by atoms with E-state index in [9.17, 15) is 9.90 Å². The van der Waals surface area contributed by atoms with Gasteiger partial charge >= 0.3 is 5.97 Å². The summed E-state index contributed by atoms with van der Waals surface area (Å²) in [5, 5.41) is 11.2. The van der Waals surface area contributed by atoms with Gasteiger partial charge in [-0.15, -0.1) is 0 Å². The second-order valence-electron chi connectivity index (χ2n) is 9.20. The van der Waals surface area contributed by atoms with Crippen LogP contribution in [0.4, 0.5) is 4.39 Å². The van der Waals surface area contributed by atoms with Crippen LogP contribution in [0.1, 0.15) is 36.6 Å². The van der Waals surface area contributed by atoms with Crippen molar-refractivity contribution in [3.05, 3.63) is 64.8 Å². The summed E-state index contributed by atoms with van der Waals surface area (Å²) < 4.78 is 26.0. The van der Waals surface area contributed by atoms with Crippen molar-refractivity contribution in [1.82, 2.24) is 9.88 Å². The predicted octanol–water partition coefficient (Wildman–Crippen LogP) is 5.77. The van der Waals surface area contributed by atoms with Crippen LogP contribution in [-0.2, 0) is 4.79 Å². The lowest BCUT2D eigenvalue weighted by atomic mass is 9.81. The first-order chi connectivity index (χ1) is 17.9. The molecular formula is C29H30ClFN2O4. The zero-order valence-corrected chi connectivity index (χ0v) is 21.7. The third-order valence-electron chi connectivity index (χ3n) is 6.96. The van der Waals surface area contributed by atoms with Crippen molar-refractivity contribution in [3.8, 4) is 23.3 Å². The van der Waals surface area contributed by atoms with E-state index in [2.05, 4.69) is 16.8 Å². The van der Waals surface area contributed by atoms with Gasteiger partial charge in [-0.25, -0.2) is 4.39 Å². The Labute approximate surface area is 221 Å². The van der Waals surface area contributed by atoms with Crippen molar-refractivity contribution < 1.29 is 23.8 Å². The number of aliphatic carboxylic acids is 1. The summed E-state index contributed by atoms with van der Waals surface area (Å²) in [6, 6.07) is 12.3. The lowest BCUT2D eigenvalue weighted by Gasteiger charge is -2.35. The van der Waals surface area contributed by atoms with Crippen molar-refractivity contribution in [1.29, 1.82) is 0 Å². The quantitative estimate of drug-likeness (QED) is 0.377. The fourth-order valence-electron chi connectivity index (χ4n) is 4.92. The van der Waals surface area contributed by atoms with Gasteiger partial charge in [-0.2, -0.15) is 0 Å². The van der Waals surface area contributed by atoms with Crippen molar-refractivity contribution in [2.75, 3.05) is 33.9 Å². The highest BCUT2D eigenvalue weighted by molar-refractivity contribution is 6.30. The Bertz CT molecular complexity index is 1320.